The minimum Gasteiger partial charge on any atom is -0.480 e. The Morgan fingerprint density at radius 1 is 1.03 bits per heavy atom. The number of H-pyrrole nitrogens is 1. The van der Waals surface area contributed by atoms with E-state index in [1.165, 1.54) is 12.5 Å². The van der Waals surface area contributed by atoms with Gasteiger partial charge in [0, 0.05) is 18.3 Å². The molecule has 0 spiro atoms. The maximum absolute atomic E-state index is 12.7. The Bertz CT molecular complexity index is 734. The van der Waals surface area contributed by atoms with Crippen molar-refractivity contribution < 1.29 is 24.3 Å². The fourth-order valence-electron chi connectivity index (χ4n) is 2.95. The fourth-order valence-corrected chi connectivity index (χ4v) is 2.95. The number of nitrogens with one attached hydrogen (secondary N) is 4. The van der Waals surface area contributed by atoms with Gasteiger partial charge in [-0.2, -0.15) is 0 Å². The number of aromatic nitrogens is 2. The lowest BCUT2D eigenvalue weighted by molar-refractivity contribution is -0.142. The van der Waals surface area contributed by atoms with Crippen molar-refractivity contribution in [3.05, 3.63) is 18.2 Å². The van der Waals surface area contributed by atoms with Crippen LogP contribution in [0, 0.1) is 11.8 Å². The average Bonchev–Trinajstić information content (AvgIpc) is 3.17. The third kappa shape index (κ3) is 10.1. The van der Waals surface area contributed by atoms with Crippen LogP contribution in [0.1, 0.15) is 46.2 Å². The van der Waals surface area contributed by atoms with E-state index in [1.54, 1.807) is 0 Å². The highest BCUT2D eigenvalue weighted by Crippen LogP contribution is 2.06. The van der Waals surface area contributed by atoms with Crippen molar-refractivity contribution >= 4 is 23.7 Å². The minimum absolute atomic E-state index is 0.0695. The third-order valence-corrected chi connectivity index (χ3v) is 4.44. The molecule has 1 rings (SSSR count). The molecule has 1 aromatic rings. The van der Waals surface area contributed by atoms with Gasteiger partial charge in [-0.1, -0.05) is 27.7 Å². The fraction of sp³-hybridized carbons (Fsp3) is 0.650. The summed E-state index contributed by atoms with van der Waals surface area (Å²) in [6, 6.07) is -2.79. The molecule has 174 valence electrons. The van der Waals surface area contributed by atoms with Gasteiger partial charge in [-0.05, 0) is 24.7 Å². The SMILES string of the molecule is CC(C)CC(N)C(=O)NC(Cc1cnc[nH]1)C(=O)NCC(=O)NC(CC(C)C)C(=O)O. The molecule has 0 aliphatic carbocycles. The predicted molar refractivity (Wildman–Crippen MR) is 114 cm³/mol. The lowest BCUT2D eigenvalue weighted by Crippen LogP contribution is -2.54. The number of rotatable bonds is 13. The number of carbonyl (C=O) groups is 4. The minimum atomic E-state index is -1.14. The number of imidazole rings is 1. The molecule has 0 saturated heterocycles. The zero-order chi connectivity index (χ0) is 23.6. The maximum atomic E-state index is 12.7. The molecule has 7 N–H and O–H groups in total. The molecule has 0 aliphatic rings. The first-order valence-electron chi connectivity index (χ1n) is 10.3. The second-order valence-corrected chi connectivity index (χ2v) is 8.38. The Morgan fingerprint density at radius 2 is 1.68 bits per heavy atom. The van der Waals surface area contributed by atoms with E-state index in [1.807, 2.05) is 27.7 Å². The van der Waals surface area contributed by atoms with Crippen molar-refractivity contribution in [2.45, 2.75) is 65.1 Å². The zero-order valence-corrected chi connectivity index (χ0v) is 18.5. The quantitative estimate of drug-likeness (QED) is 0.241. The van der Waals surface area contributed by atoms with Gasteiger partial charge >= 0.3 is 5.97 Å². The van der Waals surface area contributed by atoms with Crippen LogP contribution in [0.2, 0.25) is 0 Å². The largest absolute Gasteiger partial charge is 0.480 e. The number of aliphatic carboxylic acids is 1. The van der Waals surface area contributed by atoms with Gasteiger partial charge < -0.3 is 31.8 Å². The number of amides is 3. The summed E-state index contributed by atoms with van der Waals surface area (Å²) >= 11 is 0. The Hall–Kier alpha value is -2.95. The van der Waals surface area contributed by atoms with E-state index >= 15 is 0 Å². The van der Waals surface area contributed by atoms with Gasteiger partial charge in [0.05, 0.1) is 18.9 Å². The topological polar surface area (TPSA) is 179 Å². The van der Waals surface area contributed by atoms with Gasteiger partial charge in [-0.3, -0.25) is 14.4 Å². The van der Waals surface area contributed by atoms with Crippen LogP contribution in [0.25, 0.3) is 0 Å². The van der Waals surface area contributed by atoms with Crippen molar-refractivity contribution in [2.75, 3.05) is 6.54 Å². The third-order valence-electron chi connectivity index (χ3n) is 4.44. The molecule has 0 fully saturated rings. The van der Waals surface area contributed by atoms with Crippen molar-refractivity contribution in [3.8, 4) is 0 Å². The van der Waals surface area contributed by atoms with Crippen LogP contribution in [0.4, 0.5) is 0 Å². The van der Waals surface area contributed by atoms with Crippen LogP contribution in [-0.4, -0.2) is 63.4 Å². The van der Waals surface area contributed by atoms with E-state index in [9.17, 15) is 24.3 Å². The molecule has 0 aromatic carbocycles. The van der Waals surface area contributed by atoms with Crippen LogP contribution in [0.15, 0.2) is 12.5 Å². The Morgan fingerprint density at radius 3 is 2.19 bits per heavy atom. The molecule has 1 aromatic heterocycles. The molecule has 0 radical (unpaired) electrons. The van der Waals surface area contributed by atoms with Crippen molar-refractivity contribution in [1.29, 1.82) is 0 Å². The predicted octanol–water partition coefficient (Wildman–Crippen LogP) is -0.458. The summed E-state index contributed by atoms with van der Waals surface area (Å²) in [5.41, 5.74) is 6.52. The molecule has 3 atom stereocenters. The normalized spacial score (nSPS) is 14.0. The average molecular weight is 439 g/mol. The lowest BCUT2D eigenvalue weighted by atomic mass is 10.0. The van der Waals surface area contributed by atoms with E-state index in [4.69, 9.17) is 5.73 Å². The monoisotopic (exact) mass is 438 g/mol. The Kier molecular flexibility index (Phi) is 10.7. The van der Waals surface area contributed by atoms with Gasteiger partial charge in [0.25, 0.3) is 0 Å². The summed E-state index contributed by atoms with van der Waals surface area (Å²) in [6.45, 7) is 7.13. The molecular weight excluding hydrogens is 404 g/mol. The smallest absolute Gasteiger partial charge is 0.326 e. The number of carboxylic acid groups (broad SMARTS) is 1. The highest BCUT2D eigenvalue weighted by molar-refractivity contribution is 5.92. The zero-order valence-electron chi connectivity index (χ0n) is 18.5. The highest BCUT2D eigenvalue weighted by Gasteiger charge is 2.26. The number of hydrogen-bond acceptors (Lipinski definition) is 6. The summed E-state index contributed by atoms with van der Waals surface area (Å²) in [4.78, 5) is 55.2. The van der Waals surface area contributed by atoms with E-state index in [-0.39, 0.29) is 24.7 Å². The number of carbonyl (C=O) groups excluding carboxylic acids is 3. The molecule has 11 nitrogen and oxygen atoms in total. The van der Waals surface area contributed by atoms with Gasteiger partial charge in [0.15, 0.2) is 0 Å². The summed E-state index contributed by atoms with van der Waals surface area (Å²) in [7, 11) is 0. The first-order chi connectivity index (χ1) is 14.5. The summed E-state index contributed by atoms with van der Waals surface area (Å²) < 4.78 is 0. The first kappa shape index (κ1) is 26.1. The molecule has 0 saturated carbocycles. The number of carboxylic acids is 1. The van der Waals surface area contributed by atoms with E-state index in [0.29, 0.717) is 12.1 Å². The number of hydrogen-bond donors (Lipinski definition) is 6. The van der Waals surface area contributed by atoms with E-state index in [0.717, 1.165) is 0 Å². The van der Waals surface area contributed by atoms with Crippen molar-refractivity contribution in [2.24, 2.45) is 17.6 Å². The van der Waals surface area contributed by atoms with Crippen molar-refractivity contribution in [3.63, 3.8) is 0 Å². The first-order valence-corrected chi connectivity index (χ1v) is 10.3. The maximum Gasteiger partial charge on any atom is 0.326 e. The molecule has 0 aliphatic heterocycles. The molecule has 3 unspecified atom stereocenters. The van der Waals surface area contributed by atoms with Gasteiger partial charge in [0.1, 0.15) is 12.1 Å². The second-order valence-electron chi connectivity index (χ2n) is 8.38. The van der Waals surface area contributed by atoms with Gasteiger partial charge in [-0.25, -0.2) is 9.78 Å². The highest BCUT2D eigenvalue weighted by atomic mass is 16.4. The number of nitrogens with two attached hydrogens (primary N) is 1. The van der Waals surface area contributed by atoms with Crippen LogP contribution in [0.3, 0.4) is 0 Å². The molecule has 0 bridgehead atoms. The Balaban J connectivity index is 2.72. The van der Waals surface area contributed by atoms with Crippen molar-refractivity contribution in [1.82, 2.24) is 25.9 Å². The summed E-state index contributed by atoms with van der Waals surface area (Å²) in [5, 5.41) is 16.7. The van der Waals surface area contributed by atoms with Crippen LogP contribution in [-0.2, 0) is 25.6 Å². The lowest BCUT2D eigenvalue weighted by Gasteiger charge is -2.21. The Labute approximate surface area is 181 Å². The van der Waals surface area contributed by atoms with E-state index in [2.05, 4.69) is 25.9 Å². The second kappa shape index (κ2) is 12.7. The summed E-state index contributed by atoms with van der Waals surface area (Å²) in [5.74, 6) is -2.56. The number of nitrogens with zero attached hydrogens (tertiary/aromatic N) is 1. The molecule has 3 amide bonds. The van der Waals surface area contributed by atoms with Crippen LogP contribution < -0.4 is 21.7 Å². The van der Waals surface area contributed by atoms with Crippen LogP contribution in [0.5, 0.6) is 0 Å². The van der Waals surface area contributed by atoms with E-state index < -0.39 is 48.4 Å². The summed E-state index contributed by atoms with van der Waals surface area (Å²) in [6.07, 6.45) is 3.82. The molecule has 11 heteroatoms. The van der Waals surface area contributed by atoms with Crippen LogP contribution >= 0.6 is 0 Å². The number of aromatic amines is 1. The molecular formula is C20H34N6O5. The van der Waals surface area contributed by atoms with Gasteiger partial charge in [0.2, 0.25) is 17.7 Å². The molecule has 31 heavy (non-hydrogen) atoms. The molecule has 1 heterocycles. The van der Waals surface area contributed by atoms with Gasteiger partial charge in [-0.15, -0.1) is 0 Å². The standard InChI is InChI=1S/C20H34N6O5/c1-11(2)5-14(21)18(28)26-15(7-13-8-22-10-24-13)19(29)23-9-17(27)25-16(20(30)31)6-12(3)4/h8,10-12,14-16H,5-7,9,21H2,1-4H3,(H,22,24)(H,23,29)(H,25,27)(H,26,28)(H,30,31).